The van der Waals surface area contributed by atoms with Crippen molar-refractivity contribution in [3.05, 3.63) is 42.7 Å². The van der Waals surface area contributed by atoms with Crippen LogP contribution in [0.4, 0.5) is 4.39 Å². The Balaban J connectivity index is 1.58. The Morgan fingerprint density at radius 3 is 2.81 bits per heavy atom. The highest BCUT2D eigenvalue weighted by Gasteiger charge is 2.24. The number of allylic oxidation sites excluding steroid dienone is 1. The molecule has 0 amide bonds. The normalized spacial score (nSPS) is 15.5. The van der Waals surface area contributed by atoms with Crippen LogP contribution in [0.15, 0.2) is 37.1 Å². The summed E-state index contributed by atoms with van der Waals surface area (Å²) in [5, 5.41) is 20.0. The fourth-order valence-corrected chi connectivity index (χ4v) is 3.89. The molecule has 0 atom stereocenters. The van der Waals surface area contributed by atoms with Gasteiger partial charge in [-0.15, -0.1) is 0 Å². The highest BCUT2D eigenvalue weighted by molar-refractivity contribution is 6.07. The standard InChI is InChI=1S/C22H29FN8/c1-3-19(4-2)30-12-17(11-27-30)22-21-5-6-26-31(21)15-20(28-22)16(9-24)10-25-7-8-29-13-18(23)14-29/h5-6,9-12,15,18-19,24-25H,3-4,7-8,13-14H2,1-2H3/b16-10+,24-9?. The first-order chi connectivity index (χ1) is 15.1. The third-order valence-corrected chi connectivity index (χ3v) is 5.78. The summed E-state index contributed by atoms with van der Waals surface area (Å²) in [4.78, 5) is 6.91. The predicted octanol–water partition coefficient (Wildman–Crippen LogP) is 3.19. The Morgan fingerprint density at radius 2 is 2.10 bits per heavy atom. The fraction of sp³-hybridized carbons (Fsp3) is 0.455. The Kier molecular flexibility index (Phi) is 6.41. The van der Waals surface area contributed by atoms with Crippen LogP contribution in [-0.2, 0) is 0 Å². The first kappa shape index (κ1) is 21.2. The first-order valence-electron chi connectivity index (χ1n) is 10.8. The molecule has 0 spiro atoms. The lowest BCUT2D eigenvalue weighted by molar-refractivity contribution is 0.0676. The molecule has 0 unspecified atom stereocenters. The van der Waals surface area contributed by atoms with E-state index in [0.29, 0.717) is 36.9 Å². The smallest absolute Gasteiger partial charge is 0.125 e. The number of hydrogen-bond donors (Lipinski definition) is 2. The summed E-state index contributed by atoms with van der Waals surface area (Å²) in [6.07, 6.45) is 11.9. The Morgan fingerprint density at radius 1 is 1.29 bits per heavy atom. The van der Waals surface area contributed by atoms with Gasteiger partial charge in [-0.05, 0) is 18.9 Å². The van der Waals surface area contributed by atoms with Crippen LogP contribution in [-0.4, -0.2) is 67.8 Å². The average molecular weight is 425 g/mol. The van der Waals surface area contributed by atoms with Gasteiger partial charge in [0.05, 0.1) is 41.5 Å². The van der Waals surface area contributed by atoms with E-state index in [0.717, 1.165) is 36.2 Å². The second kappa shape index (κ2) is 9.38. The molecule has 1 fully saturated rings. The summed E-state index contributed by atoms with van der Waals surface area (Å²) in [5.41, 5.74) is 3.91. The molecule has 0 aromatic carbocycles. The van der Waals surface area contributed by atoms with E-state index in [1.54, 1.807) is 16.9 Å². The van der Waals surface area contributed by atoms with Crippen LogP contribution in [0, 0.1) is 5.41 Å². The number of rotatable bonds is 10. The predicted molar refractivity (Wildman–Crippen MR) is 120 cm³/mol. The second-order valence-corrected chi connectivity index (χ2v) is 7.87. The Hall–Kier alpha value is -3.07. The third-order valence-electron chi connectivity index (χ3n) is 5.78. The number of halogens is 1. The maximum atomic E-state index is 12.9. The summed E-state index contributed by atoms with van der Waals surface area (Å²) in [6, 6.07) is 2.29. The summed E-state index contributed by atoms with van der Waals surface area (Å²) in [5.74, 6) is 0. The van der Waals surface area contributed by atoms with Gasteiger partial charge in [-0.2, -0.15) is 10.2 Å². The van der Waals surface area contributed by atoms with Crippen molar-refractivity contribution in [3.8, 4) is 11.3 Å². The van der Waals surface area contributed by atoms with Gasteiger partial charge < -0.3 is 10.7 Å². The average Bonchev–Trinajstić information content (AvgIpc) is 3.42. The van der Waals surface area contributed by atoms with Crippen molar-refractivity contribution in [1.82, 2.24) is 34.6 Å². The molecule has 164 valence electrons. The maximum Gasteiger partial charge on any atom is 0.125 e. The van der Waals surface area contributed by atoms with Crippen LogP contribution in [0.25, 0.3) is 22.3 Å². The van der Waals surface area contributed by atoms with E-state index in [4.69, 9.17) is 10.4 Å². The SMILES string of the molecule is CCC(CC)n1cc(-c2nc(/C(C=N)=C/NCCN3CC(F)C3)cn3nccc23)cn1. The third kappa shape index (κ3) is 4.51. The van der Waals surface area contributed by atoms with Gasteiger partial charge in [0.2, 0.25) is 0 Å². The van der Waals surface area contributed by atoms with Crippen molar-refractivity contribution >= 4 is 17.3 Å². The van der Waals surface area contributed by atoms with Crippen molar-refractivity contribution in [3.63, 3.8) is 0 Å². The molecule has 0 bridgehead atoms. The summed E-state index contributed by atoms with van der Waals surface area (Å²) in [7, 11) is 0. The van der Waals surface area contributed by atoms with Crippen LogP contribution < -0.4 is 5.32 Å². The van der Waals surface area contributed by atoms with E-state index < -0.39 is 6.17 Å². The van der Waals surface area contributed by atoms with Crippen LogP contribution >= 0.6 is 0 Å². The van der Waals surface area contributed by atoms with E-state index in [1.165, 1.54) is 6.21 Å². The van der Waals surface area contributed by atoms with Crippen molar-refractivity contribution in [2.24, 2.45) is 0 Å². The highest BCUT2D eigenvalue weighted by atomic mass is 19.1. The molecule has 3 aromatic heterocycles. The second-order valence-electron chi connectivity index (χ2n) is 7.87. The largest absolute Gasteiger partial charge is 0.389 e. The van der Waals surface area contributed by atoms with Gasteiger partial charge in [0, 0.05) is 55.9 Å². The molecule has 4 heterocycles. The summed E-state index contributed by atoms with van der Waals surface area (Å²) in [6.45, 7) is 6.80. The number of likely N-dealkylation sites (tertiary alicyclic amines) is 1. The van der Waals surface area contributed by atoms with Crippen molar-refractivity contribution in [2.45, 2.75) is 38.9 Å². The van der Waals surface area contributed by atoms with Crippen molar-refractivity contribution < 1.29 is 4.39 Å². The van der Waals surface area contributed by atoms with E-state index in [9.17, 15) is 4.39 Å². The van der Waals surface area contributed by atoms with Crippen LogP contribution in [0.5, 0.6) is 0 Å². The molecule has 4 rings (SSSR count). The van der Waals surface area contributed by atoms with E-state index in [-0.39, 0.29) is 0 Å². The number of nitrogens with zero attached hydrogens (tertiary/aromatic N) is 6. The van der Waals surface area contributed by atoms with Gasteiger partial charge in [0.1, 0.15) is 6.17 Å². The van der Waals surface area contributed by atoms with Crippen LogP contribution in [0.3, 0.4) is 0 Å². The van der Waals surface area contributed by atoms with Crippen molar-refractivity contribution in [1.29, 1.82) is 5.41 Å². The lowest BCUT2D eigenvalue weighted by atomic mass is 10.1. The van der Waals surface area contributed by atoms with Crippen LogP contribution in [0.1, 0.15) is 38.4 Å². The maximum absolute atomic E-state index is 12.9. The molecule has 1 aliphatic rings. The lowest BCUT2D eigenvalue weighted by Crippen LogP contribution is -2.50. The van der Waals surface area contributed by atoms with E-state index in [2.05, 4.69) is 34.3 Å². The monoisotopic (exact) mass is 424 g/mol. The van der Waals surface area contributed by atoms with E-state index >= 15 is 0 Å². The molecular weight excluding hydrogens is 395 g/mol. The molecule has 0 saturated carbocycles. The molecule has 0 radical (unpaired) electrons. The number of fused-ring (bicyclic) bond motifs is 1. The molecule has 3 aromatic rings. The zero-order chi connectivity index (χ0) is 21.8. The zero-order valence-corrected chi connectivity index (χ0v) is 18.0. The number of aromatic nitrogens is 5. The molecule has 9 heteroatoms. The minimum Gasteiger partial charge on any atom is -0.389 e. The zero-order valence-electron chi connectivity index (χ0n) is 18.0. The van der Waals surface area contributed by atoms with E-state index in [1.807, 2.05) is 29.3 Å². The van der Waals surface area contributed by atoms with Gasteiger partial charge in [0.25, 0.3) is 0 Å². The molecule has 8 nitrogen and oxygen atoms in total. The molecular formula is C22H29FN8. The van der Waals surface area contributed by atoms with Crippen LogP contribution in [0.2, 0.25) is 0 Å². The summed E-state index contributed by atoms with van der Waals surface area (Å²) < 4.78 is 16.7. The van der Waals surface area contributed by atoms with Gasteiger partial charge in [-0.25, -0.2) is 13.9 Å². The Bertz CT molecular complexity index is 1060. The highest BCUT2D eigenvalue weighted by Crippen LogP contribution is 2.26. The molecule has 1 aliphatic heterocycles. The fourth-order valence-electron chi connectivity index (χ4n) is 3.89. The minimum absolute atomic E-state index is 0.359. The van der Waals surface area contributed by atoms with Gasteiger partial charge >= 0.3 is 0 Å². The number of nitrogens with one attached hydrogen (secondary N) is 2. The quantitative estimate of drug-likeness (QED) is 0.386. The lowest BCUT2D eigenvalue weighted by Gasteiger charge is -2.34. The molecule has 1 saturated heterocycles. The topological polar surface area (TPSA) is 87.1 Å². The van der Waals surface area contributed by atoms with Gasteiger partial charge in [0.15, 0.2) is 0 Å². The molecule has 31 heavy (non-hydrogen) atoms. The van der Waals surface area contributed by atoms with Gasteiger partial charge in [-0.3, -0.25) is 9.58 Å². The Labute approximate surface area is 181 Å². The summed E-state index contributed by atoms with van der Waals surface area (Å²) >= 11 is 0. The minimum atomic E-state index is -0.689. The number of hydrogen-bond acceptors (Lipinski definition) is 6. The number of alkyl halides is 1. The molecule has 2 N–H and O–H groups in total. The van der Waals surface area contributed by atoms with Gasteiger partial charge in [-0.1, -0.05) is 13.8 Å². The van der Waals surface area contributed by atoms with Crippen molar-refractivity contribution in [2.75, 3.05) is 26.2 Å². The molecule has 0 aliphatic carbocycles. The first-order valence-corrected chi connectivity index (χ1v) is 10.8.